The van der Waals surface area contributed by atoms with Crippen LogP contribution in [-0.4, -0.2) is 18.0 Å². The van der Waals surface area contributed by atoms with E-state index in [0.29, 0.717) is 12.5 Å². The van der Waals surface area contributed by atoms with Gasteiger partial charge in [0.1, 0.15) is 11.6 Å². The molecule has 136 valence electrons. The van der Waals surface area contributed by atoms with Crippen LogP contribution >= 0.6 is 11.3 Å². The van der Waals surface area contributed by atoms with Gasteiger partial charge in [0.2, 0.25) is 0 Å². The molecule has 1 amide bonds. The van der Waals surface area contributed by atoms with Crippen molar-refractivity contribution >= 4 is 17.2 Å². The Balaban J connectivity index is 1.68. The van der Waals surface area contributed by atoms with Crippen LogP contribution in [0.25, 0.3) is 0 Å². The third-order valence-corrected chi connectivity index (χ3v) is 6.12. The minimum absolute atomic E-state index is 0.0762. The Morgan fingerprint density at radius 1 is 1.38 bits per heavy atom. The highest BCUT2D eigenvalue weighted by molar-refractivity contribution is 7.10. The quantitative estimate of drug-likeness (QED) is 0.752. The van der Waals surface area contributed by atoms with Crippen molar-refractivity contribution in [1.29, 1.82) is 5.26 Å². The molecule has 0 saturated heterocycles. The highest BCUT2D eigenvalue weighted by Crippen LogP contribution is 2.39. The topological polar surface area (TPSA) is 69.5 Å². The Labute approximate surface area is 159 Å². The van der Waals surface area contributed by atoms with E-state index in [-0.39, 0.29) is 11.9 Å². The smallest absolute Gasteiger partial charge is 0.276 e. The predicted octanol–water partition coefficient (Wildman–Crippen LogP) is 2.77. The van der Waals surface area contributed by atoms with Gasteiger partial charge in [0.05, 0.1) is 10.9 Å². The molecule has 3 N–H and O–H groups in total. The number of nitrogens with two attached hydrogens (primary N) is 1. The second-order valence-electron chi connectivity index (χ2n) is 7.16. The number of nitrogens with zero attached hydrogens (tertiary/aromatic N) is 1. The first-order chi connectivity index (χ1) is 12.6. The summed E-state index contributed by atoms with van der Waals surface area (Å²) in [6.45, 7) is 4.29. The summed E-state index contributed by atoms with van der Waals surface area (Å²) in [4.78, 5) is 13.7. The van der Waals surface area contributed by atoms with Crippen molar-refractivity contribution in [3.8, 4) is 6.07 Å². The van der Waals surface area contributed by atoms with Crippen LogP contribution in [0.15, 0.2) is 41.8 Å². The Morgan fingerprint density at radius 2 is 2.12 bits per heavy atom. The summed E-state index contributed by atoms with van der Waals surface area (Å²) in [5.41, 5.74) is 1.78. The molecule has 2 aromatic rings. The molecular formula is C21H26N3OS+. The third kappa shape index (κ3) is 4.32. The van der Waals surface area contributed by atoms with Gasteiger partial charge < -0.3 is 10.6 Å². The van der Waals surface area contributed by atoms with E-state index in [4.69, 9.17) is 0 Å². The van der Waals surface area contributed by atoms with Gasteiger partial charge in [-0.2, -0.15) is 5.26 Å². The number of carbonyl (C=O) groups excluding carboxylic acids is 1. The summed E-state index contributed by atoms with van der Waals surface area (Å²) in [6, 6.07) is 15.2. The lowest BCUT2D eigenvalue weighted by Gasteiger charge is -2.23. The van der Waals surface area contributed by atoms with Gasteiger partial charge >= 0.3 is 0 Å². The molecule has 1 aromatic carbocycles. The van der Waals surface area contributed by atoms with Gasteiger partial charge in [0.25, 0.3) is 5.91 Å². The number of amides is 1. The van der Waals surface area contributed by atoms with E-state index < -0.39 is 5.54 Å². The van der Waals surface area contributed by atoms with Gasteiger partial charge in [-0.1, -0.05) is 37.3 Å². The molecule has 1 aliphatic rings. The number of quaternary nitrogens is 1. The lowest BCUT2D eigenvalue weighted by atomic mass is 9.98. The first kappa shape index (κ1) is 18.6. The number of aryl methyl sites for hydroxylation is 1. The Kier molecular flexibility index (Phi) is 5.75. The van der Waals surface area contributed by atoms with Crippen LogP contribution in [0.1, 0.15) is 48.7 Å². The van der Waals surface area contributed by atoms with Gasteiger partial charge in [-0.3, -0.25) is 4.79 Å². The maximum absolute atomic E-state index is 12.5. The van der Waals surface area contributed by atoms with Crippen LogP contribution in [0, 0.1) is 17.2 Å². The zero-order valence-corrected chi connectivity index (χ0v) is 16.2. The molecule has 0 aliphatic heterocycles. The normalized spacial score (nSPS) is 17.1. The van der Waals surface area contributed by atoms with Crippen molar-refractivity contribution in [3.05, 3.63) is 57.8 Å². The third-order valence-electron chi connectivity index (χ3n) is 5.16. The Hall–Kier alpha value is -2.16. The minimum atomic E-state index is -0.730. The monoisotopic (exact) mass is 368 g/mol. The summed E-state index contributed by atoms with van der Waals surface area (Å²) in [5.74, 6) is 0.221. The van der Waals surface area contributed by atoms with E-state index in [1.165, 1.54) is 16.0 Å². The molecular weight excluding hydrogens is 342 g/mol. The van der Waals surface area contributed by atoms with Crippen molar-refractivity contribution in [3.63, 3.8) is 0 Å². The number of thiophene rings is 1. The summed E-state index contributed by atoms with van der Waals surface area (Å²) in [5, 5.41) is 16.5. The van der Waals surface area contributed by atoms with E-state index in [1.54, 1.807) is 11.3 Å². The standard InChI is InChI=1S/C21H25N3OS/c1-3-15-6-8-16(9-7-15)20(18-5-4-12-26-18)23-13-19(25)24-21(2,14-22)17-10-11-17/h4-9,12,17,20,23H,3,10-11,13H2,1-2H3,(H,24,25)/p+1/t20-,21-/m0/s1. The number of nitrogens with one attached hydrogen (secondary N) is 1. The first-order valence-electron chi connectivity index (χ1n) is 9.23. The van der Waals surface area contributed by atoms with Gasteiger partial charge in [-0.25, -0.2) is 0 Å². The molecule has 1 aromatic heterocycles. The number of nitriles is 1. The van der Waals surface area contributed by atoms with Crippen LogP contribution < -0.4 is 10.6 Å². The summed E-state index contributed by atoms with van der Waals surface area (Å²) < 4.78 is 0. The first-order valence-corrected chi connectivity index (χ1v) is 10.1. The number of rotatable bonds is 8. The number of benzene rings is 1. The maximum atomic E-state index is 12.5. The Bertz CT molecular complexity index is 775. The molecule has 0 unspecified atom stereocenters. The van der Waals surface area contributed by atoms with Gasteiger partial charge in [-0.15, -0.1) is 11.3 Å². The molecule has 2 atom stereocenters. The second-order valence-corrected chi connectivity index (χ2v) is 8.14. The summed E-state index contributed by atoms with van der Waals surface area (Å²) >= 11 is 1.70. The average Bonchev–Trinajstić information content (AvgIpc) is 3.39. The van der Waals surface area contributed by atoms with Crippen molar-refractivity contribution in [2.24, 2.45) is 5.92 Å². The Morgan fingerprint density at radius 3 is 2.65 bits per heavy atom. The van der Waals surface area contributed by atoms with Crippen LogP contribution in [-0.2, 0) is 11.2 Å². The van der Waals surface area contributed by atoms with E-state index in [1.807, 2.05) is 13.0 Å². The highest BCUT2D eigenvalue weighted by atomic mass is 32.1. The minimum Gasteiger partial charge on any atom is -0.333 e. The fourth-order valence-corrected chi connectivity index (χ4v) is 4.14. The maximum Gasteiger partial charge on any atom is 0.276 e. The molecule has 26 heavy (non-hydrogen) atoms. The molecule has 5 heteroatoms. The average molecular weight is 369 g/mol. The van der Waals surface area contributed by atoms with Gasteiger partial charge in [-0.05, 0) is 49.1 Å². The van der Waals surface area contributed by atoms with Crippen molar-refractivity contribution in [2.75, 3.05) is 6.54 Å². The van der Waals surface area contributed by atoms with Crippen LogP contribution in [0.5, 0.6) is 0 Å². The van der Waals surface area contributed by atoms with Crippen LogP contribution in [0.3, 0.4) is 0 Å². The van der Waals surface area contributed by atoms with Crippen molar-refractivity contribution in [1.82, 2.24) is 5.32 Å². The molecule has 1 heterocycles. The number of carbonyl (C=O) groups is 1. The van der Waals surface area contributed by atoms with E-state index in [2.05, 4.69) is 59.3 Å². The van der Waals surface area contributed by atoms with Gasteiger partial charge in [0, 0.05) is 5.56 Å². The molecule has 4 nitrogen and oxygen atoms in total. The molecule has 0 spiro atoms. The number of hydrogen-bond donors (Lipinski definition) is 2. The van der Waals surface area contributed by atoms with E-state index in [9.17, 15) is 10.1 Å². The zero-order valence-electron chi connectivity index (χ0n) is 15.4. The molecule has 0 bridgehead atoms. The van der Waals surface area contributed by atoms with Crippen LogP contribution in [0.4, 0.5) is 0 Å². The largest absolute Gasteiger partial charge is 0.333 e. The lowest BCUT2D eigenvalue weighted by Crippen LogP contribution is -2.88. The van der Waals surface area contributed by atoms with Crippen LogP contribution in [0.2, 0.25) is 0 Å². The fraction of sp³-hybridized carbons (Fsp3) is 0.429. The summed E-state index contributed by atoms with van der Waals surface area (Å²) in [6.07, 6.45) is 3.06. The molecule has 3 rings (SSSR count). The van der Waals surface area contributed by atoms with Gasteiger partial charge in [0.15, 0.2) is 6.54 Å². The van der Waals surface area contributed by atoms with E-state index >= 15 is 0 Å². The SMILES string of the molecule is CCc1ccc([C@H]([NH2+]CC(=O)N[C@@](C)(C#N)C2CC2)c2cccs2)cc1. The highest BCUT2D eigenvalue weighted by Gasteiger charge is 2.43. The zero-order chi connectivity index (χ0) is 18.6. The van der Waals surface area contributed by atoms with Crippen molar-refractivity contribution < 1.29 is 10.1 Å². The van der Waals surface area contributed by atoms with Crippen molar-refractivity contribution in [2.45, 2.75) is 44.7 Å². The van der Waals surface area contributed by atoms with E-state index in [0.717, 1.165) is 19.3 Å². The lowest BCUT2D eigenvalue weighted by molar-refractivity contribution is -0.676. The summed E-state index contributed by atoms with van der Waals surface area (Å²) in [7, 11) is 0. The second kappa shape index (κ2) is 8.03. The fourth-order valence-electron chi connectivity index (χ4n) is 3.29. The molecule has 1 fully saturated rings. The molecule has 1 saturated carbocycles. The molecule has 1 aliphatic carbocycles. The number of hydrogen-bond acceptors (Lipinski definition) is 3. The predicted molar refractivity (Wildman–Crippen MR) is 104 cm³/mol. The molecule has 0 radical (unpaired) electrons.